The van der Waals surface area contributed by atoms with Gasteiger partial charge in [-0.2, -0.15) is 0 Å². The van der Waals surface area contributed by atoms with E-state index in [1.54, 1.807) is 4.90 Å². The largest absolute Gasteiger partial charge is 0.449 e. The van der Waals surface area contributed by atoms with Crippen LogP contribution in [-0.4, -0.2) is 43.4 Å². The molecule has 0 spiro atoms. The highest BCUT2D eigenvalue weighted by atomic mass is 16.6. The number of nitrogens with zero attached hydrogens (tertiary/aromatic N) is 1. The molecule has 1 fully saturated rings. The molecule has 0 aromatic heterocycles. The number of hydrogen-bond acceptors (Lipinski definition) is 3. The summed E-state index contributed by atoms with van der Waals surface area (Å²) in [5, 5.41) is 0. The van der Waals surface area contributed by atoms with Crippen LogP contribution in [0.3, 0.4) is 0 Å². The van der Waals surface area contributed by atoms with Crippen LogP contribution in [0.1, 0.15) is 32.6 Å². The van der Waals surface area contributed by atoms with Gasteiger partial charge in [0.25, 0.3) is 0 Å². The molecule has 4 nitrogen and oxygen atoms in total. The van der Waals surface area contributed by atoms with Crippen molar-refractivity contribution < 1.29 is 14.3 Å². The lowest BCUT2D eigenvalue weighted by Gasteiger charge is -2.30. The Morgan fingerprint density at radius 2 is 2.18 bits per heavy atom. The van der Waals surface area contributed by atoms with Gasteiger partial charge in [-0.25, -0.2) is 4.79 Å². The van der Waals surface area contributed by atoms with Crippen LogP contribution in [0.25, 0.3) is 0 Å². The first kappa shape index (κ1) is 13.9. The van der Waals surface area contributed by atoms with Gasteiger partial charge in [-0.3, -0.25) is 0 Å². The number of piperidine rings is 1. The maximum absolute atomic E-state index is 11.6. The van der Waals surface area contributed by atoms with Gasteiger partial charge in [-0.15, -0.1) is 6.42 Å². The summed E-state index contributed by atoms with van der Waals surface area (Å²) in [7, 11) is 0. The van der Waals surface area contributed by atoms with Crippen molar-refractivity contribution in [3.05, 3.63) is 0 Å². The summed E-state index contributed by atoms with van der Waals surface area (Å²) in [6.07, 6.45) is 8.75. The van der Waals surface area contributed by atoms with E-state index >= 15 is 0 Å². The topological polar surface area (TPSA) is 38.8 Å². The Morgan fingerprint density at radius 1 is 1.47 bits per heavy atom. The maximum Gasteiger partial charge on any atom is 0.409 e. The lowest BCUT2D eigenvalue weighted by molar-refractivity contribution is 0.0203. The van der Waals surface area contributed by atoms with Crippen molar-refractivity contribution in [1.82, 2.24) is 4.90 Å². The normalized spacial score (nSPS) is 16.6. The quantitative estimate of drug-likeness (QED) is 0.544. The monoisotopic (exact) mass is 239 g/mol. The van der Waals surface area contributed by atoms with Crippen LogP contribution in [0.4, 0.5) is 4.79 Å². The molecular weight excluding hydrogens is 218 g/mol. The second-order valence-corrected chi connectivity index (χ2v) is 4.17. The van der Waals surface area contributed by atoms with E-state index in [1.165, 1.54) is 0 Å². The zero-order chi connectivity index (χ0) is 12.5. The fourth-order valence-electron chi connectivity index (χ4n) is 1.77. The Hall–Kier alpha value is -1.21. The van der Waals surface area contributed by atoms with Crippen molar-refractivity contribution in [2.75, 3.05) is 26.3 Å². The van der Waals surface area contributed by atoms with Crippen LogP contribution in [0.2, 0.25) is 0 Å². The molecular formula is C13H21NO3. The lowest BCUT2D eigenvalue weighted by Crippen LogP contribution is -2.41. The summed E-state index contributed by atoms with van der Waals surface area (Å²) in [4.78, 5) is 13.4. The van der Waals surface area contributed by atoms with Crippen LogP contribution < -0.4 is 0 Å². The molecule has 1 heterocycles. The summed E-state index contributed by atoms with van der Waals surface area (Å²) in [5.41, 5.74) is 0. The van der Waals surface area contributed by atoms with Gasteiger partial charge in [0, 0.05) is 13.1 Å². The Balaban J connectivity index is 2.17. The smallest absolute Gasteiger partial charge is 0.409 e. The van der Waals surface area contributed by atoms with Crippen LogP contribution in [0.15, 0.2) is 0 Å². The first-order valence-electron chi connectivity index (χ1n) is 6.24. The average Bonchev–Trinajstić information content (AvgIpc) is 2.37. The molecule has 0 radical (unpaired) electrons. The Morgan fingerprint density at radius 3 is 2.76 bits per heavy atom. The van der Waals surface area contributed by atoms with E-state index in [2.05, 4.69) is 12.8 Å². The van der Waals surface area contributed by atoms with E-state index in [0.29, 0.717) is 26.3 Å². The highest BCUT2D eigenvalue weighted by Crippen LogP contribution is 2.14. The predicted molar refractivity (Wildman–Crippen MR) is 65.6 cm³/mol. The van der Waals surface area contributed by atoms with Gasteiger partial charge in [0.2, 0.25) is 0 Å². The van der Waals surface area contributed by atoms with Gasteiger partial charge in [0.15, 0.2) is 0 Å². The summed E-state index contributed by atoms with van der Waals surface area (Å²) < 4.78 is 10.6. The average molecular weight is 239 g/mol. The number of carbonyl (C=O) groups is 1. The van der Waals surface area contributed by atoms with Crippen molar-refractivity contribution in [2.45, 2.75) is 38.7 Å². The SMILES string of the molecule is C#CCOC1CCN(C(=O)OCCCC)CC1. The number of carbonyl (C=O) groups excluding carboxylic acids is 1. The zero-order valence-electron chi connectivity index (χ0n) is 10.5. The third-order valence-electron chi connectivity index (χ3n) is 2.83. The summed E-state index contributed by atoms with van der Waals surface area (Å²) in [5.74, 6) is 2.46. The number of ether oxygens (including phenoxy) is 2. The van der Waals surface area contributed by atoms with Crippen molar-refractivity contribution >= 4 is 6.09 Å². The van der Waals surface area contributed by atoms with Crippen LogP contribution >= 0.6 is 0 Å². The van der Waals surface area contributed by atoms with Gasteiger partial charge in [-0.1, -0.05) is 19.3 Å². The molecule has 0 aromatic carbocycles. The molecule has 1 aliphatic rings. The molecule has 0 saturated carbocycles. The summed E-state index contributed by atoms with van der Waals surface area (Å²) >= 11 is 0. The van der Waals surface area contributed by atoms with Gasteiger partial charge in [-0.05, 0) is 19.3 Å². The Bertz CT molecular complexity index is 264. The number of amides is 1. The fraction of sp³-hybridized carbons (Fsp3) is 0.769. The van der Waals surface area contributed by atoms with E-state index in [9.17, 15) is 4.79 Å². The second kappa shape index (κ2) is 7.97. The molecule has 0 atom stereocenters. The predicted octanol–water partition coefficient (Wildman–Crippen LogP) is 2.04. The van der Waals surface area contributed by atoms with Gasteiger partial charge in [0.05, 0.1) is 12.7 Å². The minimum atomic E-state index is -0.200. The molecule has 17 heavy (non-hydrogen) atoms. The third kappa shape index (κ3) is 5.10. The Labute approximate surface area is 103 Å². The van der Waals surface area contributed by atoms with Gasteiger partial charge >= 0.3 is 6.09 Å². The lowest BCUT2D eigenvalue weighted by atomic mass is 10.1. The van der Waals surface area contributed by atoms with Crippen molar-refractivity contribution in [2.24, 2.45) is 0 Å². The highest BCUT2D eigenvalue weighted by Gasteiger charge is 2.23. The number of unbranched alkanes of at least 4 members (excludes halogenated alkanes) is 1. The van der Waals surface area contributed by atoms with Gasteiger partial charge in [0.1, 0.15) is 6.61 Å². The van der Waals surface area contributed by atoms with Gasteiger partial charge < -0.3 is 14.4 Å². The third-order valence-corrected chi connectivity index (χ3v) is 2.83. The summed E-state index contributed by atoms with van der Waals surface area (Å²) in [6, 6.07) is 0. The van der Waals surface area contributed by atoms with E-state index in [-0.39, 0.29) is 12.2 Å². The van der Waals surface area contributed by atoms with E-state index in [1.807, 2.05) is 0 Å². The first-order valence-corrected chi connectivity index (χ1v) is 6.24. The molecule has 1 amide bonds. The van der Waals surface area contributed by atoms with E-state index < -0.39 is 0 Å². The minimum Gasteiger partial charge on any atom is -0.449 e. The molecule has 1 rings (SSSR count). The van der Waals surface area contributed by atoms with Crippen LogP contribution in [0, 0.1) is 12.3 Å². The summed E-state index contributed by atoms with van der Waals surface area (Å²) in [6.45, 7) is 4.33. The van der Waals surface area contributed by atoms with Crippen LogP contribution in [-0.2, 0) is 9.47 Å². The van der Waals surface area contributed by atoms with E-state index in [4.69, 9.17) is 15.9 Å². The number of likely N-dealkylation sites (tertiary alicyclic amines) is 1. The number of rotatable bonds is 5. The maximum atomic E-state index is 11.6. The Kier molecular flexibility index (Phi) is 6.49. The highest BCUT2D eigenvalue weighted by molar-refractivity contribution is 5.67. The van der Waals surface area contributed by atoms with Crippen LogP contribution in [0.5, 0.6) is 0 Å². The molecule has 1 aliphatic heterocycles. The fourth-order valence-corrected chi connectivity index (χ4v) is 1.77. The molecule has 0 aliphatic carbocycles. The minimum absolute atomic E-state index is 0.186. The zero-order valence-corrected chi connectivity index (χ0v) is 10.5. The van der Waals surface area contributed by atoms with Crippen molar-refractivity contribution in [1.29, 1.82) is 0 Å². The molecule has 0 unspecified atom stereocenters. The molecule has 0 N–H and O–H groups in total. The molecule has 0 bridgehead atoms. The molecule has 0 aromatic rings. The van der Waals surface area contributed by atoms with Crippen molar-refractivity contribution in [3.63, 3.8) is 0 Å². The molecule has 96 valence electrons. The molecule has 4 heteroatoms. The standard InChI is InChI=1S/C13H21NO3/c1-3-5-11-17-13(15)14-8-6-12(7-9-14)16-10-4-2/h2,12H,3,5-11H2,1H3. The molecule has 1 saturated heterocycles. The second-order valence-electron chi connectivity index (χ2n) is 4.17. The first-order chi connectivity index (χ1) is 8.27. The number of terminal acetylenes is 1. The van der Waals surface area contributed by atoms with E-state index in [0.717, 1.165) is 25.7 Å². The number of hydrogen-bond donors (Lipinski definition) is 0. The van der Waals surface area contributed by atoms with Crippen molar-refractivity contribution in [3.8, 4) is 12.3 Å².